The van der Waals surface area contributed by atoms with E-state index >= 15 is 0 Å². The van der Waals surface area contributed by atoms with Gasteiger partial charge in [-0.3, -0.25) is 4.79 Å². The highest BCUT2D eigenvalue weighted by molar-refractivity contribution is 6.10. The van der Waals surface area contributed by atoms with Crippen molar-refractivity contribution in [1.29, 1.82) is 0 Å². The molecule has 0 unspecified atom stereocenters. The van der Waals surface area contributed by atoms with Gasteiger partial charge in [0.2, 0.25) is 11.4 Å². The maximum Gasteiger partial charge on any atom is 0.319 e. The Morgan fingerprint density at radius 1 is 0.810 bits per heavy atom. The number of carbonyl (C=O) groups excluding carboxylic acids is 1. The summed E-state index contributed by atoms with van der Waals surface area (Å²) >= 11 is 0. The summed E-state index contributed by atoms with van der Waals surface area (Å²) in [5.41, 5.74) is -2.29. The first-order valence-electron chi connectivity index (χ1n) is 13.0. The standard InChI is InChI=1S/C31H24O11/c1-39-24-12-19-20(35)13-23-26(28(19)40-27(24)14-2-6-16(32)7-3-14)30(38)29(37)25-21(36)10-18(34)11-22(25)41-31(30,42-23)15-4-8-17(33)9-5-15/h2-11,13,24,27,32-36,38H,12H2,1H3/t24-,27+,30+,31+/m1/s1. The first-order valence-corrected chi connectivity index (χ1v) is 13.0. The van der Waals surface area contributed by atoms with Crippen LogP contribution in [0, 0.1) is 0 Å². The number of aliphatic hydroxyl groups is 1. The molecule has 0 fully saturated rings. The minimum absolute atomic E-state index is 0.0401. The first kappa shape index (κ1) is 25.8. The Hall–Kier alpha value is -5.13. The average molecular weight is 573 g/mol. The van der Waals surface area contributed by atoms with Crippen LogP contribution < -0.4 is 14.2 Å². The number of rotatable bonds is 3. The number of carbonyl (C=O) groups is 1. The lowest BCUT2D eigenvalue weighted by Crippen LogP contribution is -2.60. The van der Waals surface area contributed by atoms with Gasteiger partial charge < -0.3 is 49.6 Å². The lowest BCUT2D eigenvalue weighted by atomic mass is 9.74. The number of ketones is 1. The fourth-order valence-corrected chi connectivity index (χ4v) is 6.07. The second-order valence-electron chi connectivity index (χ2n) is 10.4. The van der Waals surface area contributed by atoms with Gasteiger partial charge in [-0.25, -0.2) is 0 Å². The van der Waals surface area contributed by atoms with Crippen molar-refractivity contribution < 1.29 is 54.4 Å². The van der Waals surface area contributed by atoms with Gasteiger partial charge >= 0.3 is 5.79 Å². The molecule has 0 radical (unpaired) electrons. The van der Waals surface area contributed by atoms with Gasteiger partial charge in [0, 0.05) is 42.9 Å². The van der Waals surface area contributed by atoms with Crippen molar-refractivity contribution in [1.82, 2.24) is 0 Å². The Bertz CT molecular complexity index is 1770. The molecule has 11 nitrogen and oxygen atoms in total. The van der Waals surface area contributed by atoms with E-state index in [2.05, 4.69) is 0 Å². The van der Waals surface area contributed by atoms with Crippen LogP contribution in [0.1, 0.15) is 38.7 Å². The van der Waals surface area contributed by atoms with Crippen LogP contribution in [0.15, 0.2) is 66.7 Å². The second-order valence-corrected chi connectivity index (χ2v) is 10.4. The summed E-state index contributed by atoms with van der Waals surface area (Å²) in [4.78, 5) is 14.4. The Morgan fingerprint density at radius 3 is 2.12 bits per heavy atom. The lowest BCUT2D eigenvalue weighted by molar-refractivity contribution is -0.218. The zero-order valence-electron chi connectivity index (χ0n) is 21.9. The van der Waals surface area contributed by atoms with Gasteiger partial charge in [-0.2, -0.15) is 0 Å². The van der Waals surface area contributed by atoms with Crippen molar-refractivity contribution in [2.75, 3.05) is 7.11 Å². The van der Waals surface area contributed by atoms with Crippen molar-refractivity contribution in [3.8, 4) is 46.0 Å². The Kier molecular flexibility index (Phi) is 5.34. The minimum Gasteiger partial charge on any atom is -0.508 e. The van der Waals surface area contributed by atoms with Gasteiger partial charge in [0.1, 0.15) is 57.7 Å². The average Bonchev–Trinajstić information content (AvgIpc) is 3.22. The van der Waals surface area contributed by atoms with Gasteiger partial charge in [0.15, 0.2) is 6.10 Å². The van der Waals surface area contributed by atoms with E-state index in [1.807, 2.05) is 0 Å². The van der Waals surface area contributed by atoms with Gasteiger partial charge in [-0.1, -0.05) is 12.1 Å². The molecule has 214 valence electrons. The molecular formula is C31H24O11. The monoisotopic (exact) mass is 572 g/mol. The van der Waals surface area contributed by atoms with E-state index in [4.69, 9.17) is 18.9 Å². The number of benzene rings is 4. The van der Waals surface area contributed by atoms with Crippen LogP contribution in [-0.2, 0) is 22.5 Å². The third-order valence-electron chi connectivity index (χ3n) is 8.05. The fourth-order valence-electron chi connectivity index (χ4n) is 6.07. The van der Waals surface area contributed by atoms with E-state index in [0.29, 0.717) is 5.56 Å². The Balaban J connectivity index is 1.50. The summed E-state index contributed by atoms with van der Waals surface area (Å²) < 4.78 is 24.6. The summed E-state index contributed by atoms with van der Waals surface area (Å²) in [6.07, 6.45) is -1.28. The first-order chi connectivity index (χ1) is 20.1. The molecule has 7 rings (SSSR count). The van der Waals surface area contributed by atoms with Crippen LogP contribution in [0.25, 0.3) is 0 Å². The molecule has 4 aromatic rings. The van der Waals surface area contributed by atoms with Gasteiger partial charge in [-0.05, 0) is 42.0 Å². The number of Topliss-reactive ketones (excluding diaryl/α,β-unsaturated/α-hetero) is 1. The fraction of sp³-hybridized carbons (Fsp3) is 0.194. The number of methoxy groups -OCH3 is 1. The third kappa shape index (κ3) is 3.31. The molecule has 42 heavy (non-hydrogen) atoms. The van der Waals surface area contributed by atoms with Crippen molar-refractivity contribution in [2.45, 2.75) is 30.0 Å². The highest BCUT2D eigenvalue weighted by Crippen LogP contribution is 2.64. The number of phenols is 5. The maximum absolute atomic E-state index is 14.4. The number of hydrogen-bond donors (Lipinski definition) is 6. The number of phenolic OH excluding ortho intramolecular Hbond substituents is 5. The molecule has 0 saturated carbocycles. The summed E-state index contributed by atoms with van der Waals surface area (Å²) in [6.45, 7) is 0. The predicted molar refractivity (Wildman–Crippen MR) is 143 cm³/mol. The van der Waals surface area contributed by atoms with E-state index in [9.17, 15) is 35.4 Å². The SMILES string of the molecule is CO[C@@H]1Cc2c(O)cc3c(c2O[C@H]1c1ccc(O)cc1)[C@]1(O)C(=O)c2c(O)cc(O)cc2O[C@@]1(c1ccc(O)cc1)O3. The van der Waals surface area contributed by atoms with Crippen LogP contribution in [0.5, 0.6) is 46.0 Å². The van der Waals surface area contributed by atoms with Crippen molar-refractivity contribution in [2.24, 2.45) is 0 Å². The predicted octanol–water partition coefficient (Wildman–Crippen LogP) is 3.61. The number of aromatic hydroxyl groups is 5. The largest absolute Gasteiger partial charge is 0.508 e. The van der Waals surface area contributed by atoms with E-state index in [1.54, 1.807) is 12.1 Å². The molecule has 3 aliphatic heterocycles. The Labute approximate surface area is 238 Å². The molecule has 3 heterocycles. The smallest absolute Gasteiger partial charge is 0.319 e. The van der Waals surface area contributed by atoms with Gasteiger partial charge in [0.25, 0.3) is 0 Å². The van der Waals surface area contributed by atoms with Crippen LogP contribution in [0.3, 0.4) is 0 Å². The number of ether oxygens (including phenoxy) is 4. The molecule has 3 aliphatic rings. The summed E-state index contributed by atoms with van der Waals surface area (Å²) in [6, 6.07) is 14.9. The van der Waals surface area contributed by atoms with Crippen LogP contribution in [0.2, 0.25) is 0 Å². The van der Waals surface area contributed by atoms with Gasteiger partial charge in [-0.15, -0.1) is 0 Å². The van der Waals surface area contributed by atoms with Crippen molar-refractivity contribution in [3.05, 3.63) is 94.5 Å². The Morgan fingerprint density at radius 2 is 1.45 bits per heavy atom. The van der Waals surface area contributed by atoms with E-state index in [-0.39, 0.29) is 57.6 Å². The topological polar surface area (TPSA) is 175 Å². The minimum atomic E-state index is -2.70. The highest BCUT2D eigenvalue weighted by atomic mass is 16.7. The third-order valence-corrected chi connectivity index (χ3v) is 8.05. The summed E-state index contributed by atoms with van der Waals surface area (Å²) in [7, 11) is 1.48. The van der Waals surface area contributed by atoms with Crippen LogP contribution >= 0.6 is 0 Å². The van der Waals surface area contributed by atoms with E-state index < -0.39 is 46.4 Å². The molecule has 11 heteroatoms. The van der Waals surface area contributed by atoms with Crippen LogP contribution in [-0.4, -0.2) is 49.6 Å². The van der Waals surface area contributed by atoms with Gasteiger partial charge in [0.05, 0.1) is 5.56 Å². The van der Waals surface area contributed by atoms with Crippen molar-refractivity contribution >= 4 is 5.78 Å². The summed E-state index contributed by atoms with van der Waals surface area (Å²) in [5, 5.41) is 64.3. The van der Waals surface area contributed by atoms with Crippen LogP contribution in [0.4, 0.5) is 0 Å². The molecule has 0 bridgehead atoms. The molecule has 6 N–H and O–H groups in total. The molecular weight excluding hydrogens is 548 g/mol. The number of fused-ring (bicyclic) bond motifs is 6. The maximum atomic E-state index is 14.4. The molecule has 4 aromatic carbocycles. The molecule has 0 aromatic heterocycles. The molecule has 4 atom stereocenters. The van der Waals surface area contributed by atoms with E-state index in [0.717, 1.165) is 12.1 Å². The number of hydrogen-bond acceptors (Lipinski definition) is 11. The molecule has 0 aliphatic carbocycles. The molecule has 0 amide bonds. The van der Waals surface area contributed by atoms with Crippen molar-refractivity contribution in [3.63, 3.8) is 0 Å². The molecule has 0 spiro atoms. The summed E-state index contributed by atoms with van der Waals surface area (Å²) in [5.74, 6) is -5.12. The van der Waals surface area contributed by atoms with E-state index in [1.165, 1.54) is 49.6 Å². The highest BCUT2D eigenvalue weighted by Gasteiger charge is 2.72. The zero-order chi connectivity index (χ0) is 29.6. The zero-order valence-corrected chi connectivity index (χ0v) is 21.9. The molecule has 0 saturated heterocycles. The normalized spacial score (nSPS) is 25.2. The second kappa shape index (κ2) is 8.68. The quantitative estimate of drug-likeness (QED) is 0.212. The lowest BCUT2D eigenvalue weighted by Gasteiger charge is -2.44.